The Morgan fingerprint density at radius 1 is 1.31 bits per heavy atom. The molecule has 0 aliphatic carbocycles. The van der Waals surface area contributed by atoms with E-state index in [0.29, 0.717) is 12.1 Å². The predicted molar refractivity (Wildman–Crippen MR) is 71.5 cm³/mol. The first-order chi connectivity index (χ1) is 7.63. The van der Waals surface area contributed by atoms with Crippen molar-refractivity contribution in [2.75, 3.05) is 13.1 Å². The van der Waals surface area contributed by atoms with E-state index < -0.39 is 0 Å². The highest BCUT2D eigenvalue weighted by atomic mass is 15.2. The van der Waals surface area contributed by atoms with Crippen molar-refractivity contribution < 1.29 is 0 Å². The Kier molecular flexibility index (Phi) is 5.77. The monoisotopic (exact) mass is 226 g/mol. The maximum atomic E-state index is 5.95. The molecule has 1 heterocycles. The predicted octanol–water partition coefficient (Wildman–Crippen LogP) is 2.87. The molecule has 2 N–H and O–H groups in total. The molecule has 0 bridgehead atoms. The lowest BCUT2D eigenvalue weighted by Gasteiger charge is -2.44. The van der Waals surface area contributed by atoms with Crippen molar-refractivity contribution in [2.24, 2.45) is 17.6 Å². The zero-order valence-corrected chi connectivity index (χ0v) is 11.6. The average Bonchev–Trinajstić information content (AvgIpc) is 2.35. The molecule has 1 fully saturated rings. The minimum atomic E-state index is 0.627. The van der Waals surface area contributed by atoms with E-state index in [0.717, 1.165) is 18.4 Å². The smallest absolute Gasteiger partial charge is 0.0223 e. The van der Waals surface area contributed by atoms with Gasteiger partial charge in [-0.2, -0.15) is 0 Å². The molecule has 96 valence electrons. The van der Waals surface area contributed by atoms with Crippen molar-refractivity contribution >= 4 is 0 Å². The third kappa shape index (κ3) is 3.21. The number of likely N-dealkylation sites (tertiary alicyclic amines) is 1. The van der Waals surface area contributed by atoms with Crippen LogP contribution >= 0.6 is 0 Å². The van der Waals surface area contributed by atoms with E-state index in [9.17, 15) is 0 Å². The van der Waals surface area contributed by atoms with Gasteiger partial charge >= 0.3 is 0 Å². The van der Waals surface area contributed by atoms with Crippen molar-refractivity contribution in [1.82, 2.24) is 4.90 Å². The summed E-state index contributed by atoms with van der Waals surface area (Å²) in [5, 5.41) is 0. The number of nitrogens with two attached hydrogens (primary N) is 1. The highest BCUT2D eigenvalue weighted by molar-refractivity contribution is 4.86. The first kappa shape index (κ1) is 14.0. The standard InChI is InChI=1S/C14H30N2/c1-5-11(3)12(4)16-8-7-13(6-2)9-14(16)10-15/h11-14H,5-10,15H2,1-4H3. The fourth-order valence-electron chi connectivity index (χ4n) is 2.96. The summed E-state index contributed by atoms with van der Waals surface area (Å²) >= 11 is 0. The van der Waals surface area contributed by atoms with E-state index >= 15 is 0 Å². The first-order valence-corrected chi connectivity index (χ1v) is 7.09. The molecule has 0 aromatic rings. The molecule has 1 saturated heterocycles. The summed E-state index contributed by atoms with van der Waals surface area (Å²) in [4.78, 5) is 2.67. The molecular weight excluding hydrogens is 196 g/mol. The Morgan fingerprint density at radius 3 is 2.50 bits per heavy atom. The summed E-state index contributed by atoms with van der Waals surface area (Å²) in [7, 11) is 0. The van der Waals surface area contributed by atoms with E-state index in [1.54, 1.807) is 0 Å². The van der Waals surface area contributed by atoms with E-state index in [4.69, 9.17) is 5.73 Å². The molecule has 0 aromatic heterocycles. The van der Waals surface area contributed by atoms with Gasteiger partial charge in [0.05, 0.1) is 0 Å². The minimum Gasteiger partial charge on any atom is -0.329 e. The van der Waals surface area contributed by atoms with E-state index in [-0.39, 0.29) is 0 Å². The summed E-state index contributed by atoms with van der Waals surface area (Å²) in [5.74, 6) is 1.70. The van der Waals surface area contributed by atoms with E-state index in [2.05, 4.69) is 32.6 Å². The second-order valence-electron chi connectivity index (χ2n) is 5.55. The van der Waals surface area contributed by atoms with Crippen LogP contribution in [0.25, 0.3) is 0 Å². The largest absolute Gasteiger partial charge is 0.329 e. The van der Waals surface area contributed by atoms with Crippen LogP contribution in [0.4, 0.5) is 0 Å². The molecule has 4 unspecified atom stereocenters. The van der Waals surface area contributed by atoms with Gasteiger partial charge in [-0.25, -0.2) is 0 Å². The Morgan fingerprint density at radius 2 is 2.00 bits per heavy atom. The SMILES string of the molecule is CCC1CCN(C(C)C(C)CC)C(CN)C1. The molecule has 0 amide bonds. The van der Waals surface area contributed by atoms with Crippen LogP contribution in [0.2, 0.25) is 0 Å². The first-order valence-electron chi connectivity index (χ1n) is 7.09. The summed E-state index contributed by atoms with van der Waals surface area (Å²) in [6, 6.07) is 1.32. The van der Waals surface area contributed by atoms with Crippen molar-refractivity contribution in [2.45, 2.75) is 65.5 Å². The fourth-order valence-corrected chi connectivity index (χ4v) is 2.96. The molecular formula is C14H30N2. The van der Waals surface area contributed by atoms with Gasteiger partial charge < -0.3 is 5.73 Å². The Bertz CT molecular complexity index is 193. The molecule has 2 heteroatoms. The van der Waals surface area contributed by atoms with Crippen LogP contribution in [-0.2, 0) is 0 Å². The van der Waals surface area contributed by atoms with Gasteiger partial charge in [0.25, 0.3) is 0 Å². The second kappa shape index (κ2) is 6.61. The minimum absolute atomic E-state index is 0.627. The van der Waals surface area contributed by atoms with Crippen LogP contribution < -0.4 is 5.73 Å². The quantitative estimate of drug-likeness (QED) is 0.781. The molecule has 1 aliphatic rings. The zero-order valence-electron chi connectivity index (χ0n) is 11.6. The lowest BCUT2D eigenvalue weighted by Crippen LogP contribution is -2.52. The molecule has 0 aromatic carbocycles. The molecule has 0 spiro atoms. The highest BCUT2D eigenvalue weighted by Gasteiger charge is 2.31. The van der Waals surface area contributed by atoms with Gasteiger partial charge in [0.1, 0.15) is 0 Å². The van der Waals surface area contributed by atoms with Crippen LogP contribution in [0, 0.1) is 11.8 Å². The van der Waals surface area contributed by atoms with Crippen LogP contribution in [-0.4, -0.2) is 30.1 Å². The van der Waals surface area contributed by atoms with Gasteiger partial charge in [-0.1, -0.05) is 33.6 Å². The van der Waals surface area contributed by atoms with Crippen molar-refractivity contribution in [3.63, 3.8) is 0 Å². The third-order valence-corrected chi connectivity index (χ3v) is 4.71. The lowest BCUT2D eigenvalue weighted by molar-refractivity contribution is 0.0535. The average molecular weight is 226 g/mol. The maximum absolute atomic E-state index is 5.95. The molecule has 4 atom stereocenters. The molecule has 2 nitrogen and oxygen atoms in total. The summed E-state index contributed by atoms with van der Waals surface area (Å²) < 4.78 is 0. The van der Waals surface area contributed by atoms with E-state index in [1.807, 2.05) is 0 Å². The zero-order chi connectivity index (χ0) is 12.1. The summed E-state index contributed by atoms with van der Waals surface area (Å²) in [6.45, 7) is 11.4. The molecule has 1 rings (SSSR count). The van der Waals surface area contributed by atoms with Gasteiger partial charge in [0.15, 0.2) is 0 Å². The van der Waals surface area contributed by atoms with Crippen LogP contribution in [0.15, 0.2) is 0 Å². The van der Waals surface area contributed by atoms with Crippen molar-refractivity contribution in [1.29, 1.82) is 0 Å². The van der Waals surface area contributed by atoms with Gasteiger partial charge in [0, 0.05) is 18.6 Å². The number of piperidine rings is 1. The topological polar surface area (TPSA) is 29.3 Å². The Hall–Kier alpha value is -0.0800. The van der Waals surface area contributed by atoms with Gasteiger partial charge in [0.2, 0.25) is 0 Å². The van der Waals surface area contributed by atoms with Crippen molar-refractivity contribution in [3.05, 3.63) is 0 Å². The normalized spacial score (nSPS) is 31.3. The van der Waals surface area contributed by atoms with E-state index in [1.165, 1.54) is 32.2 Å². The lowest BCUT2D eigenvalue weighted by atomic mass is 9.86. The van der Waals surface area contributed by atoms with Crippen molar-refractivity contribution in [3.8, 4) is 0 Å². The molecule has 0 saturated carbocycles. The number of hydrogen-bond donors (Lipinski definition) is 1. The molecule has 0 radical (unpaired) electrons. The Labute approximate surface area is 102 Å². The molecule has 16 heavy (non-hydrogen) atoms. The van der Waals surface area contributed by atoms with Crippen LogP contribution in [0.3, 0.4) is 0 Å². The van der Waals surface area contributed by atoms with Crippen LogP contribution in [0.5, 0.6) is 0 Å². The summed E-state index contributed by atoms with van der Waals surface area (Å²) in [5.41, 5.74) is 5.95. The van der Waals surface area contributed by atoms with Gasteiger partial charge in [-0.3, -0.25) is 4.90 Å². The number of hydrogen-bond acceptors (Lipinski definition) is 2. The second-order valence-corrected chi connectivity index (χ2v) is 5.55. The summed E-state index contributed by atoms with van der Waals surface area (Å²) in [6.07, 6.45) is 5.27. The number of rotatable bonds is 5. The molecule has 1 aliphatic heterocycles. The third-order valence-electron chi connectivity index (χ3n) is 4.71. The van der Waals surface area contributed by atoms with Gasteiger partial charge in [-0.15, -0.1) is 0 Å². The highest BCUT2D eigenvalue weighted by Crippen LogP contribution is 2.28. The van der Waals surface area contributed by atoms with Gasteiger partial charge in [-0.05, 0) is 38.1 Å². The van der Waals surface area contributed by atoms with Crippen LogP contribution in [0.1, 0.15) is 53.4 Å². The fraction of sp³-hybridized carbons (Fsp3) is 1.00. The Balaban J connectivity index is 2.58. The maximum Gasteiger partial charge on any atom is 0.0223 e. The number of nitrogens with zero attached hydrogens (tertiary/aromatic N) is 1.